The summed E-state index contributed by atoms with van der Waals surface area (Å²) in [6, 6.07) is 12.4. The second kappa shape index (κ2) is 6.30. The van der Waals surface area contributed by atoms with Crippen LogP contribution in [-0.4, -0.2) is 18.9 Å². The van der Waals surface area contributed by atoms with Gasteiger partial charge in [0, 0.05) is 17.8 Å². The van der Waals surface area contributed by atoms with Gasteiger partial charge in [-0.05, 0) is 29.8 Å². The Hall–Kier alpha value is -2.53. The first-order valence-corrected chi connectivity index (χ1v) is 7.49. The van der Waals surface area contributed by atoms with E-state index in [1.165, 1.54) is 7.11 Å². The van der Waals surface area contributed by atoms with Crippen molar-refractivity contribution >= 4 is 34.8 Å². The number of anilines is 2. The van der Waals surface area contributed by atoms with Crippen LogP contribution < -0.4 is 15.4 Å². The smallest absolute Gasteiger partial charge is 0.232 e. The first-order valence-electron chi connectivity index (χ1n) is 7.11. The highest BCUT2D eigenvalue weighted by atomic mass is 35.5. The number of halogens is 1. The van der Waals surface area contributed by atoms with Crippen LogP contribution in [0.15, 0.2) is 42.5 Å². The number of carbonyl (C=O) groups is 2. The minimum Gasteiger partial charge on any atom is -0.495 e. The molecular formula is C17H15ClN2O3. The van der Waals surface area contributed by atoms with Gasteiger partial charge in [0.1, 0.15) is 5.75 Å². The van der Waals surface area contributed by atoms with E-state index in [0.29, 0.717) is 16.5 Å². The number of rotatable bonds is 4. The molecule has 1 aliphatic rings. The molecule has 0 aromatic heterocycles. The van der Waals surface area contributed by atoms with E-state index in [4.69, 9.17) is 16.3 Å². The fraction of sp³-hybridized carbons (Fsp3) is 0.176. The van der Waals surface area contributed by atoms with E-state index < -0.39 is 5.92 Å². The summed E-state index contributed by atoms with van der Waals surface area (Å²) in [7, 11) is 1.52. The second-order valence-corrected chi connectivity index (χ2v) is 5.64. The zero-order chi connectivity index (χ0) is 16.4. The van der Waals surface area contributed by atoms with Crippen LogP contribution in [0.3, 0.4) is 0 Å². The van der Waals surface area contributed by atoms with Crippen molar-refractivity contribution in [2.75, 3.05) is 17.7 Å². The van der Waals surface area contributed by atoms with Crippen molar-refractivity contribution in [2.45, 2.75) is 12.3 Å². The molecule has 1 heterocycles. The number of ether oxygens (including phenoxy) is 1. The highest BCUT2D eigenvalue weighted by molar-refractivity contribution is 6.32. The Morgan fingerprint density at radius 2 is 2.09 bits per heavy atom. The van der Waals surface area contributed by atoms with Gasteiger partial charge in [-0.15, -0.1) is 0 Å². The molecule has 1 aliphatic heterocycles. The topological polar surface area (TPSA) is 67.4 Å². The molecule has 2 amide bonds. The number of hydrogen-bond donors (Lipinski definition) is 2. The van der Waals surface area contributed by atoms with E-state index >= 15 is 0 Å². The highest BCUT2D eigenvalue weighted by Gasteiger charge is 2.31. The third-order valence-corrected chi connectivity index (χ3v) is 4.03. The van der Waals surface area contributed by atoms with Gasteiger partial charge in [0.2, 0.25) is 11.8 Å². The van der Waals surface area contributed by atoms with Crippen LogP contribution in [0.2, 0.25) is 5.02 Å². The van der Waals surface area contributed by atoms with Crippen LogP contribution >= 0.6 is 11.6 Å². The van der Waals surface area contributed by atoms with Gasteiger partial charge in [0.25, 0.3) is 0 Å². The summed E-state index contributed by atoms with van der Waals surface area (Å²) in [6.45, 7) is 0. The van der Waals surface area contributed by atoms with Crippen molar-refractivity contribution in [3.63, 3.8) is 0 Å². The Kier molecular flexibility index (Phi) is 4.21. The molecule has 0 saturated carbocycles. The molecule has 2 aromatic rings. The van der Waals surface area contributed by atoms with Gasteiger partial charge in [-0.2, -0.15) is 0 Å². The quantitative estimate of drug-likeness (QED) is 0.902. The fourth-order valence-electron chi connectivity index (χ4n) is 2.62. The van der Waals surface area contributed by atoms with Crippen molar-refractivity contribution in [3.05, 3.63) is 53.1 Å². The normalized spacial score (nSPS) is 15.7. The van der Waals surface area contributed by atoms with Gasteiger partial charge in [0.15, 0.2) is 0 Å². The predicted molar refractivity (Wildman–Crippen MR) is 89.1 cm³/mol. The molecule has 0 saturated heterocycles. The summed E-state index contributed by atoms with van der Waals surface area (Å²) < 4.78 is 5.07. The number of carbonyl (C=O) groups excluding carboxylic acids is 2. The van der Waals surface area contributed by atoms with Crippen LogP contribution in [0, 0.1) is 0 Å². The lowest BCUT2D eigenvalue weighted by Gasteiger charge is -2.11. The molecular weight excluding hydrogens is 316 g/mol. The van der Waals surface area contributed by atoms with Crippen molar-refractivity contribution in [1.29, 1.82) is 0 Å². The lowest BCUT2D eigenvalue weighted by atomic mass is 9.97. The Bertz CT molecular complexity index is 776. The monoisotopic (exact) mass is 330 g/mol. The van der Waals surface area contributed by atoms with Crippen LogP contribution in [0.5, 0.6) is 5.75 Å². The standard InChI is InChI=1S/C17H15ClN2O3/c1-23-15-7-6-10(8-13(15)18)19-16(21)9-12-11-4-2-3-5-14(11)20-17(12)22/h2-8,12H,9H2,1H3,(H,19,21)(H,20,22). The molecule has 23 heavy (non-hydrogen) atoms. The van der Waals surface area contributed by atoms with Crippen LogP contribution in [0.1, 0.15) is 17.9 Å². The minimum atomic E-state index is -0.472. The van der Waals surface area contributed by atoms with Gasteiger partial charge >= 0.3 is 0 Å². The average Bonchev–Trinajstić information content (AvgIpc) is 2.83. The van der Waals surface area contributed by atoms with Crippen LogP contribution in [0.4, 0.5) is 11.4 Å². The summed E-state index contributed by atoms with van der Waals surface area (Å²) in [5, 5.41) is 5.95. The molecule has 0 aliphatic carbocycles. The third-order valence-electron chi connectivity index (χ3n) is 3.74. The number of para-hydroxylation sites is 1. The summed E-state index contributed by atoms with van der Waals surface area (Å²) in [5.41, 5.74) is 2.18. The molecule has 1 atom stereocenters. The van der Waals surface area contributed by atoms with Crippen molar-refractivity contribution in [3.8, 4) is 5.75 Å². The summed E-state index contributed by atoms with van der Waals surface area (Å²) in [5.74, 6) is -0.342. The highest BCUT2D eigenvalue weighted by Crippen LogP contribution is 2.34. The van der Waals surface area contributed by atoms with E-state index in [9.17, 15) is 9.59 Å². The average molecular weight is 331 g/mol. The fourth-order valence-corrected chi connectivity index (χ4v) is 2.88. The molecule has 2 aromatic carbocycles. The number of methoxy groups -OCH3 is 1. The zero-order valence-electron chi connectivity index (χ0n) is 12.4. The lowest BCUT2D eigenvalue weighted by molar-refractivity contribution is -0.122. The molecule has 2 N–H and O–H groups in total. The largest absolute Gasteiger partial charge is 0.495 e. The van der Waals surface area contributed by atoms with E-state index in [-0.39, 0.29) is 18.2 Å². The number of amides is 2. The first-order chi connectivity index (χ1) is 11.1. The molecule has 118 valence electrons. The van der Waals surface area contributed by atoms with Gasteiger partial charge in [-0.3, -0.25) is 9.59 Å². The van der Waals surface area contributed by atoms with Gasteiger partial charge < -0.3 is 15.4 Å². The molecule has 6 heteroatoms. The molecule has 3 rings (SSSR count). The van der Waals surface area contributed by atoms with Crippen molar-refractivity contribution in [1.82, 2.24) is 0 Å². The van der Waals surface area contributed by atoms with E-state index in [1.807, 2.05) is 24.3 Å². The number of benzene rings is 2. The molecule has 1 unspecified atom stereocenters. The molecule has 5 nitrogen and oxygen atoms in total. The van der Waals surface area contributed by atoms with Crippen LogP contribution in [-0.2, 0) is 9.59 Å². The van der Waals surface area contributed by atoms with Crippen LogP contribution in [0.25, 0.3) is 0 Å². The maximum absolute atomic E-state index is 12.2. The molecule has 0 spiro atoms. The SMILES string of the molecule is COc1ccc(NC(=O)CC2C(=O)Nc3ccccc32)cc1Cl. The summed E-state index contributed by atoms with van der Waals surface area (Å²) in [6.07, 6.45) is 0.0759. The van der Waals surface area contributed by atoms with Gasteiger partial charge in [0.05, 0.1) is 18.1 Å². The molecule has 0 radical (unpaired) electrons. The minimum absolute atomic E-state index is 0.0759. The maximum atomic E-state index is 12.2. The van der Waals surface area contributed by atoms with E-state index in [2.05, 4.69) is 10.6 Å². The third kappa shape index (κ3) is 3.14. The van der Waals surface area contributed by atoms with E-state index in [0.717, 1.165) is 11.3 Å². The Labute approximate surface area is 138 Å². The predicted octanol–water partition coefficient (Wildman–Crippen LogP) is 3.41. The zero-order valence-corrected chi connectivity index (χ0v) is 13.2. The Morgan fingerprint density at radius 3 is 2.83 bits per heavy atom. The van der Waals surface area contributed by atoms with Gasteiger partial charge in [-0.25, -0.2) is 0 Å². The summed E-state index contributed by atoms with van der Waals surface area (Å²) >= 11 is 6.03. The number of fused-ring (bicyclic) bond motifs is 1. The molecule has 0 fully saturated rings. The van der Waals surface area contributed by atoms with Gasteiger partial charge in [-0.1, -0.05) is 29.8 Å². The van der Waals surface area contributed by atoms with Crippen molar-refractivity contribution < 1.29 is 14.3 Å². The van der Waals surface area contributed by atoms with E-state index in [1.54, 1.807) is 18.2 Å². The Morgan fingerprint density at radius 1 is 1.30 bits per heavy atom. The molecule has 0 bridgehead atoms. The lowest BCUT2D eigenvalue weighted by Crippen LogP contribution is -2.20. The maximum Gasteiger partial charge on any atom is 0.232 e. The number of nitrogens with one attached hydrogen (secondary N) is 2. The first kappa shape index (κ1) is 15.4. The Balaban J connectivity index is 1.70. The van der Waals surface area contributed by atoms with Crippen molar-refractivity contribution in [2.24, 2.45) is 0 Å². The number of hydrogen-bond acceptors (Lipinski definition) is 3. The summed E-state index contributed by atoms with van der Waals surface area (Å²) in [4.78, 5) is 24.3. The second-order valence-electron chi connectivity index (χ2n) is 5.23.